The minimum Gasteiger partial charge on any atom is -0.497 e. The van der Waals surface area contributed by atoms with Crippen LogP contribution < -0.4 is 4.74 Å². The van der Waals surface area contributed by atoms with Crippen molar-refractivity contribution in [2.45, 2.75) is 43.7 Å². The summed E-state index contributed by atoms with van der Waals surface area (Å²) in [5, 5.41) is 0. The van der Waals surface area contributed by atoms with Crippen LogP contribution in [0.25, 0.3) is 0 Å². The summed E-state index contributed by atoms with van der Waals surface area (Å²) in [5.74, 6) is 1.06. The largest absolute Gasteiger partial charge is 0.497 e. The van der Waals surface area contributed by atoms with E-state index >= 15 is 0 Å². The molecule has 1 amide bonds. The number of ether oxygens (including phenoxy) is 1. The van der Waals surface area contributed by atoms with E-state index in [1.165, 1.54) is 12.1 Å². The molecular formula is C24H29FN2O2. The minimum absolute atomic E-state index is 0.215. The zero-order valence-electron chi connectivity index (χ0n) is 17.2. The van der Waals surface area contributed by atoms with Crippen LogP contribution in [0.15, 0.2) is 48.5 Å². The molecule has 5 heteroatoms. The van der Waals surface area contributed by atoms with Crippen LogP contribution in [-0.4, -0.2) is 55.0 Å². The molecule has 0 radical (unpaired) electrons. The average Bonchev–Trinajstić information content (AvgIpc) is 3.14. The summed E-state index contributed by atoms with van der Waals surface area (Å²) in [6, 6.07) is 15.3. The van der Waals surface area contributed by atoms with Crippen LogP contribution in [0.5, 0.6) is 5.75 Å². The van der Waals surface area contributed by atoms with Gasteiger partial charge in [-0.05, 0) is 68.2 Å². The van der Waals surface area contributed by atoms with E-state index in [1.54, 1.807) is 7.11 Å². The zero-order chi connectivity index (χ0) is 20.4. The van der Waals surface area contributed by atoms with Crippen molar-refractivity contribution < 1.29 is 13.9 Å². The number of methoxy groups -OCH3 is 1. The Kier molecular flexibility index (Phi) is 5.86. The summed E-state index contributed by atoms with van der Waals surface area (Å²) in [7, 11) is 3.81. The fourth-order valence-corrected chi connectivity index (χ4v) is 5.02. The summed E-state index contributed by atoms with van der Waals surface area (Å²) >= 11 is 0. The number of benzene rings is 2. The molecule has 2 aliphatic rings. The molecule has 4 nitrogen and oxygen atoms in total. The maximum absolute atomic E-state index is 13.4. The summed E-state index contributed by atoms with van der Waals surface area (Å²) in [6.45, 7) is 1.76. The zero-order valence-corrected chi connectivity index (χ0v) is 17.2. The molecule has 3 atom stereocenters. The van der Waals surface area contributed by atoms with E-state index in [2.05, 4.69) is 16.8 Å². The van der Waals surface area contributed by atoms with Crippen molar-refractivity contribution >= 4 is 5.91 Å². The third kappa shape index (κ3) is 4.15. The van der Waals surface area contributed by atoms with E-state index in [-0.39, 0.29) is 23.7 Å². The molecule has 0 unspecified atom stereocenters. The Labute approximate surface area is 172 Å². The van der Waals surface area contributed by atoms with Gasteiger partial charge >= 0.3 is 0 Å². The molecule has 0 aliphatic carbocycles. The first kappa shape index (κ1) is 19.9. The molecule has 0 saturated carbocycles. The number of halogens is 1. The van der Waals surface area contributed by atoms with Gasteiger partial charge in [-0.3, -0.25) is 4.79 Å². The SMILES string of the molecule is COc1ccc(CCC(=O)N2C[C@H](c3ccc(F)cc3)[C@@H]3[C@H]2CCCN3C)cc1. The second-order valence-corrected chi connectivity index (χ2v) is 8.23. The number of aryl methyl sites for hydroxylation is 1. The van der Waals surface area contributed by atoms with Gasteiger partial charge in [-0.25, -0.2) is 4.39 Å². The van der Waals surface area contributed by atoms with Crippen molar-refractivity contribution in [3.63, 3.8) is 0 Å². The monoisotopic (exact) mass is 396 g/mol. The summed E-state index contributed by atoms with van der Waals surface area (Å²) in [4.78, 5) is 17.6. The second-order valence-electron chi connectivity index (χ2n) is 8.23. The van der Waals surface area contributed by atoms with Crippen LogP contribution in [0.2, 0.25) is 0 Å². The molecular weight excluding hydrogens is 367 g/mol. The highest BCUT2D eigenvalue weighted by molar-refractivity contribution is 5.77. The van der Waals surface area contributed by atoms with Crippen LogP contribution in [-0.2, 0) is 11.2 Å². The number of carbonyl (C=O) groups excluding carboxylic acids is 1. The Balaban J connectivity index is 1.48. The Morgan fingerprint density at radius 2 is 1.86 bits per heavy atom. The first-order chi connectivity index (χ1) is 14.1. The van der Waals surface area contributed by atoms with E-state index in [0.29, 0.717) is 19.0 Å². The highest BCUT2D eigenvalue weighted by atomic mass is 19.1. The van der Waals surface area contributed by atoms with Gasteiger partial charge in [-0.2, -0.15) is 0 Å². The lowest BCUT2D eigenvalue weighted by Crippen LogP contribution is -2.50. The van der Waals surface area contributed by atoms with Crippen LogP contribution in [0.4, 0.5) is 4.39 Å². The predicted molar refractivity (Wildman–Crippen MR) is 112 cm³/mol. The van der Waals surface area contributed by atoms with Crippen molar-refractivity contribution in [3.05, 3.63) is 65.5 Å². The topological polar surface area (TPSA) is 32.8 Å². The van der Waals surface area contributed by atoms with Crippen LogP contribution in [0, 0.1) is 5.82 Å². The number of fused-ring (bicyclic) bond motifs is 1. The molecule has 2 aliphatic heterocycles. The standard InChI is InChI=1S/C24H29FN2O2/c1-26-15-3-4-22-24(26)21(18-8-10-19(25)11-9-18)16-27(22)23(28)14-7-17-5-12-20(29-2)13-6-17/h5-6,8-13,21-22,24H,3-4,7,14-16H2,1-2H3/t21-,22-,24-/m1/s1. The third-order valence-electron chi connectivity index (χ3n) is 6.52. The number of carbonyl (C=O) groups is 1. The van der Waals surface area contributed by atoms with Crippen LogP contribution >= 0.6 is 0 Å². The van der Waals surface area contributed by atoms with Crippen molar-refractivity contribution in [2.24, 2.45) is 0 Å². The molecule has 2 aromatic carbocycles. The maximum Gasteiger partial charge on any atom is 0.223 e. The number of piperidine rings is 1. The fourth-order valence-electron chi connectivity index (χ4n) is 5.02. The number of hydrogen-bond donors (Lipinski definition) is 0. The van der Waals surface area contributed by atoms with Gasteiger partial charge in [0, 0.05) is 31.0 Å². The van der Waals surface area contributed by atoms with Crippen molar-refractivity contribution in [1.29, 1.82) is 0 Å². The number of likely N-dealkylation sites (tertiary alicyclic amines) is 2. The molecule has 154 valence electrons. The maximum atomic E-state index is 13.4. The minimum atomic E-state index is -0.215. The first-order valence-corrected chi connectivity index (χ1v) is 10.4. The molecule has 0 N–H and O–H groups in total. The van der Waals surface area contributed by atoms with Gasteiger partial charge in [0.05, 0.1) is 7.11 Å². The molecule has 29 heavy (non-hydrogen) atoms. The molecule has 2 heterocycles. The Bertz CT molecular complexity index is 837. The van der Waals surface area contributed by atoms with Crippen molar-refractivity contribution in [2.75, 3.05) is 27.2 Å². The lowest BCUT2D eigenvalue weighted by molar-refractivity contribution is -0.133. The predicted octanol–water partition coefficient (Wildman–Crippen LogP) is 3.86. The third-order valence-corrected chi connectivity index (χ3v) is 6.52. The first-order valence-electron chi connectivity index (χ1n) is 10.4. The molecule has 2 aromatic rings. The molecule has 0 bridgehead atoms. The lowest BCUT2D eigenvalue weighted by atomic mass is 9.86. The van der Waals surface area contributed by atoms with Crippen LogP contribution in [0.1, 0.15) is 36.3 Å². The van der Waals surface area contributed by atoms with Gasteiger partial charge in [0.25, 0.3) is 0 Å². The Morgan fingerprint density at radius 1 is 1.14 bits per heavy atom. The fraction of sp³-hybridized carbons (Fsp3) is 0.458. The Morgan fingerprint density at radius 3 is 2.55 bits per heavy atom. The summed E-state index contributed by atoms with van der Waals surface area (Å²) in [5.41, 5.74) is 2.27. The molecule has 4 rings (SSSR count). The quantitative estimate of drug-likeness (QED) is 0.770. The van der Waals surface area contributed by atoms with E-state index in [1.807, 2.05) is 36.4 Å². The number of amides is 1. The summed E-state index contributed by atoms with van der Waals surface area (Å²) in [6.07, 6.45) is 3.39. The molecule has 2 fully saturated rings. The number of hydrogen-bond acceptors (Lipinski definition) is 3. The van der Waals surface area contributed by atoms with E-state index in [9.17, 15) is 9.18 Å². The van der Waals surface area contributed by atoms with Gasteiger partial charge in [-0.1, -0.05) is 24.3 Å². The smallest absolute Gasteiger partial charge is 0.223 e. The van der Waals surface area contributed by atoms with Gasteiger partial charge in [0.1, 0.15) is 11.6 Å². The summed E-state index contributed by atoms with van der Waals surface area (Å²) < 4.78 is 18.6. The van der Waals surface area contributed by atoms with Gasteiger partial charge in [0.15, 0.2) is 0 Å². The molecule has 2 saturated heterocycles. The average molecular weight is 397 g/mol. The van der Waals surface area contributed by atoms with E-state index in [4.69, 9.17) is 4.74 Å². The van der Waals surface area contributed by atoms with Crippen LogP contribution in [0.3, 0.4) is 0 Å². The molecule has 0 spiro atoms. The second kappa shape index (κ2) is 8.54. The number of likely N-dealkylation sites (N-methyl/N-ethyl adjacent to an activating group) is 1. The number of rotatable bonds is 5. The van der Waals surface area contributed by atoms with Gasteiger partial charge in [-0.15, -0.1) is 0 Å². The number of nitrogens with zero attached hydrogens (tertiary/aromatic N) is 2. The Hall–Kier alpha value is -2.40. The highest BCUT2D eigenvalue weighted by Crippen LogP contribution is 2.39. The van der Waals surface area contributed by atoms with E-state index < -0.39 is 0 Å². The van der Waals surface area contributed by atoms with Gasteiger partial charge < -0.3 is 14.5 Å². The van der Waals surface area contributed by atoms with Crippen molar-refractivity contribution in [3.8, 4) is 5.75 Å². The highest BCUT2D eigenvalue weighted by Gasteiger charge is 2.47. The lowest BCUT2D eigenvalue weighted by Gasteiger charge is -2.39. The molecule has 0 aromatic heterocycles. The van der Waals surface area contributed by atoms with Crippen molar-refractivity contribution in [1.82, 2.24) is 9.80 Å². The van der Waals surface area contributed by atoms with E-state index in [0.717, 1.165) is 42.7 Å². The van der Waals surface area contributed by atoms with Gasteiger partial charge in [0.2, 0.25) is 5.91 Å². The normalized spacial score (nSPS) is 24.4.